The molecule has 0 bridgehead atoms. The Morgan fingerprint density at radius 1 is 1.19 bits per heavy atom. The van der Waals surface area contributed by atoms with Crippen molar-refractivity contribution in [1.82, 2.24) is 9.55 Å². The summed E-state index contributed by atoms with van der Waals surface area (Å²) in [5, 5.41) is 5.52. The molecule has 0 aliphatic carbocycles. The summed E-state index contributed by atoms with van der Waals surface area (Å²) in [6.45, 7) is 8.94. The summed E-state index contributed by atoms with van der Waals surface area (Å²) < 4.78 is 26.7. The average Bonchev–Trinajstić information content (AvgIpc) is 3.12. The van der Waals surface area contributed by atoms with Crippen LogP contribution in [0.15, 0.2) is 40.9 Å². The topological polar surface area (TPSA) is 78.0 Å². The van der Waals surface area contributed by atoms with E-state index in [2.05, 4.69) is 23.4 Å². The largest absolute Gasteiger partial charge is 0.331 e. The molecule has 144 valence electrons. The lowest BCUT2D eigenvalue weighted by Gasteiger charge is -2.09. The van der Waals surface area contributed by atoms with Crippen molar-refractivity contribution >= 4 is 21.4 Å². The van der Waals surface area contributed by atoms with Gasteiger partial charge >= 0.3 is 0 Å². The van der Waals surface area contributed by atoms with Crippen LogP contribution in [0.1, 0.15) is 35.7 Å². The molecule has 27 heavy (non-hydrogen) atoms. The molecule has 7 heteroatoms. The number of nitrogens with two attached hydrogens (primary N) is 1. The fourth-order valence-electron chi connectivity index (χ4n) is 3.18. The molecule has 0 radical (unpaired) electrons. The van der Waals surface area contributed by atoms with Crippen molar-refractivity contribution < 1.29 is 8.42 Å². The van der Waals surface area contributed by atoms with Gasteiger partial charge < -0.3 is 4.57 Å². The van der Waals surface area contributed by atoms with Crippen LogP contribution in [0.25, 0.3) is 11.1 Å². The van der Waals surface area contributed by atoms with Gasteiger partial charge in [0, 0.05) is 29.4 Å². The zero-order valence-corrected chi connectivity index (χ0v) is 17.7. The summed E-state index contributed by atoms with van der Waals surface area (Å²) in [6.07, 6.45) is 4.58. The first-order valence-corrected chi connectivity index (χ1v) is 11.2. The summed E-state index contributed by atoms with van der Waals surface area (Å²) in [5.74, 6) is 1.41. The molecule has 0 atom stereocenters. The maximum atomic E-state index is 12.2. The molecule has 0 amide bonds. The fourth-order valence-corrected chi connectivity index (χ4v) is 5.77. The number of imidazole rings is 1. The molecule has 2 N–H and O–H groups in total. The van der Waals surface area contributed by atoms with Gasteiger partial charge in [-0.2, -0.15) is 0 Å². The first-order valence-electron chi connectivity index (χ1n) is 8.89. The Morgan fingerprint density at radius 2 is 1.85 bits per heavy atom. The first kappa shape index (κ1) is 19.8. The second-order valence-electron chi connectivity index (χ2n) is 7.25. The number of aromatic nitrogens is 2. The minimum Gasteiger partial charge on any atom is -0.331 e. The van der Waals surface area contributed by atoms with Gasteiger partial charge in [-0.3, -0.25) is 0 Å². The van der Waals surface area contributed by atoms with Crippen molar-refractivity contribution in [2.75, 3.05) is 0 Å². The van der Waals surface area contributed by atoms with Crippen molar-refractivity contribution in [2.45, 2.75) is 44.9 Å². The molecule has 0 aliphatic rings. The Kier molecular flexibility index (Phi) is 5.55. The summed E-state index contributed by atoms with van der Waals surface area (Å²) in [5.41, 5.74) is 3.76. The molecule has 0 unspecified atom stereocenters. The van der Waals surface area contributed by atoms with E-state index in [-0.39, 0.29) is 4.21 Å². The molecule has 2 heterocycles. The van der Waals surface area contributed by atoms with Gasteiger partial charge in [-0.1, -0.05) is 38.1 Å². The Bertz CT molecular complexity index is 1050. The number of primary sulfonamides is 1. The molecule has 1 aromatic carbocycles. The van der Waals surface area contributed by atoms with E-state index in [0.717, 1.165) is 45.9 Å². The van der Waals surface area contributed by atoms with Crippen LogP contribution in [-0.4, -0.2) is 18.0 Å². The average molecular weight is 404 g/mol. The van der Waals surface area contributed by atoms with E-state index < -0.39 is 10.0 Å². The maximum Gasteiger partial charge on any atom is 0.248 e. The SMILES string of the molecule is Cc1c(CC(C)C)sc(S(N)(=O)=O)c1-c1ccc(Cn2ccnc2C)cc1. The number of sulfonamides is 1. The molecule has 0 fully saturated rings. The van der Waals surface area contributed by atoms with Crippen LogP contribution < -0.4 is 5.14 Å². The smallest absolute Gasteiger partial charge is 0.248 e. The molecule has 0 saturated heterocycles. The fraction of sp³-hybridized carbons (Fsp3) is 0.350. The monoisotopic (exact) mass is 403 g/mol. The molecule has 3 rings (SSSR count). The van der Waals surface area contributed by atoms with E-state index in [1.807, 2.05) is 44.3 Å². The zero-order valence-electron chi connectivity index (χ0n) is 16.1. The predicted octanol–water partition coefficient (Wildman–Crippen LogP) is 4.12. The Labute approximate surface area is 164 Å². The second kappa shape index (κ2) is 7.58. The number of nitrogens with zero attached hydrogens (tertiary/aromatic N) is 2. The Hall–Kier alpha value is -1.96. The van der Waals surface area contributed by atoms with Gasteiger partial charge in [0.15, 0.2) is 0 Å². The standard InChI is InChI=1S/C20H25N3O2S2/c1-13(2)11-18-14(3)19(20(26-18)27(21,24)25)17-7-5-16(6-8-17)12-23-10-9-22-15(23)4/h5-10,13H,11-12H2,1-4H3,(H2,21,24,25). The van der Waals surface area contributed by atoms with Gasteiger partial charge in [0.1, 0.15) is 10.0 Å². The lowest BCUT2D eigenvalue weighted by atomic mass is 9.99. The van der Waals surface area contributed by atoms with E-state index in [9.17, 15) is 8.42 Å². The van der Waals surface area contributed by atoms with Gasteiger partial charge in [0.25, 0.3) is 0 Å². The Balaban J connectivity index is 2.00. The molecular weight excluding hydrogens is 378 g/mol. The highest BCUT2D eigenvalue weighted by Gasteiger charge is 2.24. The quantitative estimate of drug-likeness (QED) is 0.672. The summed E-state index contributed by atoms with van der Waals surface area (Å²) in [7, 11) is -3.77. The van der Waals surface area contributed by atoms with Crippen molar-refractivity contribution in [1.29, 1.82) is 0 Å². The molecule has 2 aromatic heterocycles. The molecule has 0 spiro atoms. The lowest BCUT2D eigenvalue weighted by molar-refractivity contribution is 0.600. The minimum absolute atomic E-state index is 0.258. The molecule has 5 nitrogen and oxygen atoms in total. The summed E-state index contributed by atoms with van der Waals surface area (Å²) in [6, 6.07) is 8.01. The van der Waals surface area contributed by atoms with Crippen molar-refractivity contribution in [3.8, 4) is 11.1 Å². The normalized spacial score (nSPS) is 12.1. The van der Waals surface area contributed by atoms with Gasteiger partial charge in [-0.15, -0.1) is 11.3 Å². The minimum atomic E-state index is -3.77. The highest BCUT2D eigenvalue weighted by molar-refractivity contribution is 7.91. The van der Waals surface area contributed by atoms with E-state index in [4.69, 9.17) is 5.14 Å². The zero-order chi connectivity index (χ0) is 19.8. The number of hydrogen-bond donors (Lipinski definition) is 1. The maximum absolute atomic E-state index is 12.2. The Morgan fingerprint density at radius 3 is 2.37 bits per heavy atom. The van der Waals surface area contributed by atoms with Crippen LogP contribution in [0.4, 0.5) is 0 Å². The third-order valence-electron chi connectivity index (χ3n) is 4.58. The highest BCUT2D eigenvalue weighted by atomic mass is 32.2. The highest BCUT2D eigenvalue weighted by Crippen LogP contribution is 2.39. The van der Waals surface area contributed by atoms with E-state index in [1.165, 1.54) is 11.3 Å². The molecule has 0 saturated carbocycles. The second-order valence-corrected chi connectivity index (χ2v) is 10.1. The van der Waals surface area contributed by atoms with Gasteiger partial charge in [-0.05, 0) is 42.9 Å². The first-order chi connectivity index (χ1) is 12.7. The van der Waals surface area contributed by atoms with Crippen molar-refractivity contribution in [2.24, 2.45) is 11.1 Å². The number of thiophene rings is 1. The number of hydrogen-bond acceptors (Lipinski definition) is 4. The van der Waals surface area contributed by atoms with E-state index in [1.54, 1.807) is 6.20 Å². The summed E-state index contributed by atoms with van der Waals surface area (Å²) >= 11 is 1.30. The van der Waals surface area contributed by atoms with Crippen molar-refractivity contribution in [3.05, 3.63) is 58.5 Å². The number of aryl methyl sites for hydroxylation is 1. The van der Waals surface area contributed by atoms with Crippen LogP contribution in [0.3, 0.4) is 0 Å². The van der Waals surface area contributed by atoms with Crippen LogP contribution in [0.5, 0.6) is 0 Å². The van der Waals surface area contributed by atoms with Crippen molar-refractivity contribution in [3.63, 3.8) is 0 Å². The van der Waals surface area contributed by atoms with Gasteiger partial charge in [0.05, 0.1) is 0 Å². The third kappa shape index (κ3) is 4.31. The molecule has 3 aromatic rings. The van der Waals surface area contributed by atoms with E-state index >= 15 is 0 Å². The molecular formula is C20H25N3O2S2. The van der Waals surface area contributed by atoms with Crippen LogP contribution in [0.2, 0.25) is 0 Å². The predicted molar refractivity (Wildman–Crippen MR) is 110 cm³/mol. The summed E-state index contributed by atoms with van der Waals surface area (Å²) in [4.78, 5) is 5.32. The lowest BCUT2D eigenvalue weighted by Crippen LogP contribution is -2.11. The van der Waals surface area contributed by atoms with Crippen LogP contribution in [-0.2, 0) is 23.0 Å². The molecule has 0 aliphatic heterocycles. The van der Waals surface area contributed by atoms with E-state index in [0.29, 0.717) is 5.92 Å². The third-order valence-corrected chi connectivity index (χ3v) is 7.36. The number of benzene rings is 1. The number of rotatable bonds is 6. The van der Waals surface area contributed by atoms with Gasteiger partial charge in [-0.25, -0.2) is 18.5 Å². The van der Waals surface area contributed by atoms with Crippen LogP contribution >= 0.6 is 11.3 Å². The van der Waals surface area contributed by atoms with Crippen LogP contribution in [0, 0.1) is 19.8 Å². The van der Waals surface area contributed by atoms with Gasteiger partial charge in [0.2, 0.25) is 10.0 Å².